The van der Waals surface area contributed by atoms with Gasteiger partial charge in [-0.05, 0) is 19.4 Å². The molecule has 0 heterocycles. The third kappa shape index (κ3) is 7.04. The molecule has 0 N–H and O–H groups in total. The highest BCUT2D eigenvalue weighted by Crippen LogP contribution is 1.79. The zero-order valence-electron chi connectivity index (χ0n) is 6.02. The molecule has 0 fully saturated rings. The average Bonchev–Trinajstić information content (AvgIpc) is 1.89. The van der Waals surface area contributed by atoms with Gasteiger partial charge in [-0.25, -0.2) is 0 Å². The third-order valence-corrected chi connectivity index (χ3v) is 0.807. The fourth-order valence-electron chi connectivity index (χ4n) is 0.402. The molecule has 0 aliphatic carbocycles. The lowest BCUT2D eigenvalue weighted by Crippen LogP contribution is -1.51. The molecule has 0 bridgehead atoms. The summed E-state index contributed by atoms with van der Waals surface area (Å²) in [6, 6.07) is 0. The van der Waals surface area contributed by atoms with Gasteiger partial charge in [0.1, 0.15) is 0 Å². The molecule has 0 radical (unpaired) electrons. The summed E-state index contributed by atoms with van der Waals surface area (Å²) in [7, 11) is 0. The summed E-state index contributed by atoms with van der Waals surface area (Å²) < 4.78 is 0. The smallest absolute Gasteiger partial charge is 0.00235 e. The van der Waals surface area contributed by atoms with Crippen LogP contribution >= 0.6 is 0 Å². The summed E-state index contributed by atoms with van der Waals surface area (Å²) in [5.41, 5.74) is 0. The fourth-order valence-corrected chi connectivity index (χ4v) is 0.402. The molecule has 0 aromatic carbocycles. The second kappa shape index (κ2) is 7.04. The van der Waals surface area contributed by atoms with Crippen LogP contribution in [0.3, 0.4) is 0 Å². The first-order valence-electron chi connectivity index (χ1n) is 3.15. The number of hydrogen-bond acceptors (Lipinski definition) is 0. The summed E-state index contributed by atoms with van der Waals surface area (Å²) in [6.45, 7) is 3.93. The molecule has 9 heavy (non-hydrogen) atoms. The maximum absolute atomic E-state index is 2.83. The van der Waals surface area contributed by atoms with E-state index in [1.54, 1.807) is 0 Å². The van der Waals surface area contributed by atoms with Gasteiger partial charge in [0.05, 0.1) is 0 Å². The van der Waals surface area contributed by atoms with Gasteiger partial charge in [-0.3, -0.25) is 0 Å². The van der Waals surface area contributed by atoms with Crippen LogP contribution in [0.1, 0.15) is 20.3 Å². The Balaban J connectivity index is 3.43. The predicted octanol–water partition coefficient (Wildman–Crippen LogP) is 2.53. The molecular weight excluding hydrogens is 108 g/mol. The Labute approximate surface area is 57.3 Å². The molecule has 0 nitrogen and oxygen atoms in total. The van der Waals surface area contributed by atoms with Crippen molar-refractivity contribution in [3.05, 3.63) is 24.3 Å². The quantitative estimate of drug-likeness (QED) is 0.388. The first-order chi connectivity index (χ1) is 4.41. The standard InChI is InChI=1S/C9H12/c1-3-5-7-9-8-6-4-2/h5,7-9H,3H2,1-2H3/b7-5-,9-8-. The summed E-state index contributed by atoms with van der Waals surface area (Å²) in [5, 5.41) is 0. The van der Waals surface area contributed by atoms with Crippen molar-refractivity contribution < 1.29 is 0 Å². The Morgan fingerprint density at radius 3 is 2.67 bits per heavy atom. The van der Waals surface area contributed by atoms with Crippen LogP contribution in [0.4, 0.5) is 0 Å². The fraction of sp³-hybridized carbons (Fsp3) is 0.333. The Bertz CT molecular complexity index is 151. The Morgan fingerprint density at radius 1 is 1.33 bits per heavy atom. The average molecular weight is 120 g/mol. The second-order valence-corrected chi connectivity index (χ2v) is 1.59. The molecule has 0 aromatic heterocycles. The van der Waals surface area contributed by atoms with Gasteiger partial charge in [-0.2, -0.15) is 0 Å². The monoisotopic (exact) mass is 120 g/mol. The highest BCUT2D eigenvalue weighted by molar-refractivity contribution is 5.18. The largest absolute Gasteiger partial charge is 0.102 e. The van der Waals surface area contributed by atoms with Crippen molar-refractivity contribution >= 4 is 0 Å². The van der Waals surface area contributed by atoms with Crippen LogP contribution in [0.2, 0.25) is 0 Å². The number of rotatable bonds is 2. The number of allylic oxidation sites excluding steroid dienone is 4. The molecule has 0 unspecified atom stereocenters. The SMILES string of the molecule is CC#C/C=C\C=C/CC. The van der Waals surface area contributed by atoms with E-state index >= 15 is 0 Å². The molecule has 0 aromatic rings. The van der Waals surface area contributed by atoms with Crippen molar-refractivity contribution in [1.82, 2.24) is 0 Å². The van der Waals surface area contributed by atoms with E-state index in [0.717, 1.165) is 6.42 Å². The number of hydrogen-bond donors (Lipinski definition) is 0. The van der Waals surface area contributed by atoms with Crippen LogP contribution in [-0.2, 0) is 0 Å². The molecule has 0 saturated heterocycles. The minimum atomic E-state index is 1.09. The molecule has 0 spiro atoms. The van der Waals surface area contributed by atoms with Gasteiger partial charge < -0.3 is 0 Å². The van der Waals surface area contributed by atoms with Crippen LogP contribution < -0.4 is 0 Å². The van der Waals surface area contributed by atoms with E-state index in [4.69, 9.17) is 0 Å². The van der Waals surface area contributed by atoms with Crippen LogP contribution in [0.25, 0.3) is 0 Å². The molecule has 0 aliphatic rings. The Kier molecular flexibility index (Phi) is 6.29. The van der Waals surface area contributed by atoms with Gasteiger partial charge in [0, 0.05) is 0 Å². The minimum absolute atomic E-state index is 1.09. The van der Waals surface area contributed by atoms with E-state index in [0.29, 0.717) is 0 Å². The van der Waals surface area contributed by atoms with E-state index in [-0.39, 0.29) is 0 Å². The Hall–Kier alpha value is -0.960. The second-order valence-electron chi connectivity index (χ2n) is 1.59. The van der Waals surface area contributed by atoms with Crippen LogP contribution in [0, 0.1) is 11.8 Å². The van der Waals surface area contributed by atoms with Crippen molar-refractivity contribution in [3.63, 3.8) is 0 Å². The molecule has 0 aliphatic heterocycles. The summed E-state index contributed by atoms with van der Waals surface area (Å²) >= 11 is 0. The van der Waals surface area contributed by atoms with Crippen LogP contribution in [-0.4, -0.2) is 0 Å². The maximum Gasteiger partial charge on any atom is -0.00235 e. The van der Waals surface area contributed by atoms with Gasteiger partial charge >= 0.3 is 0 Å². The van der Waals surface area contributed by atoms with Gasteiger partial charge in [0.15, 0.2) is 0 Å². The predicted molar refractivity (Wildman–Crippen MR) is 42.0 cm³/mol. The highest BCUT2D eigenvalue weighted by atomic mass is 13.7. The molecule has 0 atom stereocenters. The molecule has 0 amide bonds. The van der Waals surface area contributed by atoms with E-state index in [9.17, 15) is 0 Å². The van der Waals surface area contributed by atoms with E-state index in [1.807, 2.05) is 25.2 Å². The minimum Gasteiger partial charge on any atom is -0.102 e. The van der Waals surface area contributed by atoms with Crippen molar-refractivity contribution in [2.24, 2.45) is 0 Å². The Morgan fingerprint density at radius 2 is 2.11 bits per heavy atom. The highest BCUT2D eigenvalue weighted by Gasteiger charge is 1.60. The molecule has 0 heteroatoms. The third-order valence-electron chi connectivity index (χ3n) is 0.807. The van der Waals surface area contributed by atoms with Crippen molar-refractivity contribution in [2.45, 2.75) is 20.3 Å². The lowest BCUT2D eigenvalue weighted by molar-refractivity contribution is 1.22. The van der Waals surface area contributed by atoms with Gasteiger partial charge in [-0.1, -0.05) is 31.1 Å². The first kappa shape index (κ1) is 8.04. The lowest BCUT2D eigenvalue weighted by atomic mass is 10.4. The van der Waals surface area contributed by atoms with E-state index in [1.165, 1.54) is 0 Å². The van der Waals surface area contributed by atoms with Crippen LogP contribution in [0.15, 0.2) is 24.3 Å². The zero-order chi connectivity index (χ0) is 6.95. The lowest BCUT2D eigenvalue weighted by Gasteiger charge is -1.70. The van der Waals surface area contributed by atoms with Crippen molar-refractivity contribution in [3.8, 4) is 11.8 Å². The van der Waals surface area contributed by atoms with Crippen molar-refractivity contribution in [2.75, 3.05) is 0 Å². The van der Waals surface area contributed by atoms with Crippen molar-refractivity contribution in [1.29, 1.82) is 0 Å². The van der Waals surface area contributed by atoms with E-state index < -0.39 is 0 Å². The molecule has 0 rings (SSSR count). The maximum atomic E-state index is 2.83. The van der Waals surface area contributed by atoms with Gasteiger partial charge in [-0.15, -0.1) is 5.92 Å². The summed E-state index contributed by atoms with van der Waals surface area (Å²) in [6.07, 6.45) is 8.97. The summed E-state index contributed by atoms with van der Waals surface area (Å²) in [4.78, 5) is 0. The molecule has 48 valence electrons. The molecule has 0 saturated carbocycles. The van der Waals surface area contributed by atoms with Crippen LogP contribution in [0.5, 0.6) is 0 Å². The zero-order valence-corrected chi connectivity index (χ0v) is 6.02. The van der Waals surface area contributed by atoms with E-state index in [2.05, 4.69) is 24.8 Å². The topological polar surface area (TPSA) is 0 Å². The summed E-state index contributed by atoms with van der Waals surface area (Å²) in [5.74, 6) is 5.60. The first-order valence-corrected chi connectivity index (χ1v) is 3.15. The van der Waals surface area contributed by atoms with Gasteiger partial charge in [0.2, 0.25) is 0 Å². The molecular formula is C9H12. The normalized spacial score (nSPS) is 10.0. The van der Waals surface area contributed by atoms with Gasteiger partial charge in [0.25, 0.3) is 0 Å².